The molecule has 0 aliphatic rings. The van der Waals surface area contributed by atoms with Gasteiger partial charge in [-0.15, -0.1) is 0 Å². The van der Waals surface area contributed by atoms with Gasteiger partial charge < -0.3 is 11.1 Å². The zero-order chi connectivity index (χ0) is 11.3. The minimum atomic E-state index is 0.531. The Morgan fingerprint density at radius 3 is 2.67 bits per heavy atom. The van der Waals surface area contributed by atoms with Crippen molar-refractivity contribution in [2.45, 2.75) is 13.8 Å². The lowest BCUT2D eigenvalue weighted by Gasteiger charge is -2.19. The maximum Gasteiger partial charge on any atom is 0.0351 e. The lowest BCUT2D eigenvalue weighted by atomic mass is 9.96. The van der Waals surface area contributed by atoms with Gasteiger partial charge in [-0.1, -0.05) is 35.8 Å². The first-order valence-corrected chi connectivity index (χ1v) is 6.12. The topological polar surface area (TPSA) is 38.0 Å². The van der Waals surface area contributed by atoms with Crippen molar-refractivity contribution in [1.29, 1.82) is 0 Å². The Morgan fingerprint density at radius 1 is 1.40 bits per heavy atom. The second-order valence-electron chi connectivity index (χ2n) is 4.13. The number of nitrogens with two attached hydrogens (primary N) is 1. The third-order valence-electron chi connectivity index (χ3n) is 2.64. The second-order valence-corrected chi connectivity index (χ2v) is 5.05. The van der Waals surface area contributed by atoms with Gasteiger partial charge >= 0.3 is 0 Å². The van der Waals surface area contributed by atoms with Crippen molar-refractivity contribution in [3.63, 3.8) is 0 Å². The molecule has 0 aliphatic heterocycles. The summed E-state index contributed by atoms with van der Waals surface area (Å²) in [5, 5.41) is 3.41. The molecule has 0 aliphatic carbocycles. The van der Waals surface area contributed by atoms with Crippen LogP contribution in [0.4, 0.5) is 5.69 Å². The lowest BCUT2D eigenvalue weighted by molar-refractivity contribution is 0.413. The molecule has 1 atom stereocenters. The molecule has 1 aromatic carbocycles. The molecule has 0 fully saturated rings. The van der Waals surface area contributed by atoms with Crippen molar-refractivity contribution >= 4 is 21.6 Å². The fraction of sp³-hybridized carbons (Fsp3) is 0.500. The molecular formula is C12H19BrN2. The quantitative estimate of drug-likeness (QED) is 0.863. The lowest BCUT2D eigenvalue weighted by Crippen LogP contribution is -2.27. The summed E-state index contributed by atoms with van der Waals surface area (Å²) in [6.45, 7) is 6.09. The van der Waals surface area contributed by atoms with Gasteiger partial charge in [-0.25, -0.2) is 0 Å². The van der Waals surface area contributed by atoms with E-state index in [9.17, 15) is 0 Å². The number of nitrogens with one attached hydrogen (secondary N) is 1. The van der Waals surface area contributed by atoms with Crippen LogP contribution in [0.15, 0.2) is 28.7 Å². The highest BCUT2D eigenvalue weighted by atomic mass is 79.9. The van der Waals surface area contributed by atoms with Gasteiger partial charge in [-0.3, -0.25) is 0 Å². The number of hydrogen-bond acceptors (Lipinski definition) is 2. The molecule has 1 aromatic rings. The van der Waals surface area contributed by atoms with Crippen molar-refractivity contribution in [1.82, 2.24) is 0 Å². The molecule has 0 radical (unpaired) electrons. The molecule has 0 saturated carbocycles. The van der Waals surface area contributed by atoms with E-state index in [1.165, 1.54) is 0 Å². The van der Waals surface area contributed by atoms with Gasteiger partial charge in [0.25, 0.3) is 0 Å². The molecule has 0 amide bonds. The number of hydrogen-bond donors (Lipinski definition) is 2. The standard InChI is InChI=1S/C12H19BrN2/c1-9(2)10(7-14)8-15-12-5-3-4-11(13)6-12/h3-6,9-10,15H,7-8,14H2,1-2H3. The first kappa shape index (κ1) is 12.5. The maximum absolute atomic E-state index is 5.72. The average molecular weight is 271 g/mol. The van der Waals surface area contributed by atoms with E-state index in [0.717, 1.165) is 23.2 Å². The molecule has 2 nitrogen and oxygen atoms in total. The second kappa shape index (κ2) is 6.13. The van der Waals surface area contributed by atoms with Crippen LogP contribution in [0.2, 0.25) is 0 Å². The molecule has 3 heteroatoms. The summed E-state index contributed by atoms with van der Waals surface area (Å²) < 4.78 is 1.10. The van der Waals surface area contributed by atoms with Crippen molar-refractivity contribution in [2.24, 2.45) is 17.6 Å². The van der Waals surface area contributed by atoms with E-state index in [0.29, 0.717) is 11.8 Å². The molecule has 15 heavy (non-hydrogen) atoms. The minimum absolute atomic E-state index is 0.531. The number of benzene rings is 1. The molecule has 0 bridgehead atoms. The third-order valence-corrected chi connectivity index (χ3v) is 3.13. The maximum atomic E-state index is 5.72. The van der Waals surface area contributed by atoms with Crippen LogP contribution in [-0.4, -0.2) is 13.1 Å². The smallest absolute Gasteiger partial charge is 0.0351 e. The highest BCUT2D eigenvalue weighted by Gasteiger charge is 2.10. The van der Waals surface area contributed by atoms with Crippen LogP contribution in [0.5, 0.6) is 0 Å². The molecule has 0 spiro atoms. The molecule has 0 heterocycles. The summed E-state index contributed by atoms with van der Waals surface area (Å²) in [6.07, 6.45) is 0. The van der Waals surface area contributed by atoms with E-state index in [4.69, 9.17) is 5.73 Å². The third kappa shape index (κ3) is 4.22. The summed E-state index contributed by atoms with van der Waals surface area (Å²) in [7, 11) is 0. The Labute approximate surface area is 100 Å². The summed E-state index contributed by atoms with van der Waals surface area (Å²) >= 11 is 3.45. The zero-order valence-electron chi connectivity index (χ0n) is 9.33. The summed E-state index contributed by atoms with van der Waals surface area (Å²) in [6, 6.07) is 8.19. The Kier molecular flexibility index (Phi) is 5.12. The Bertz CT molecular complexity index is 299. The fourth-order valence-corrected chi connectivity index (χ4v) is 1.84. The summed E-state index contributed by atoms with van der Waals surface area (Å²) in [4.78, 5) is 0. The summed E-state index contributed by atoms with van der Waals surface area (Å²) in [5.41, 5.74) is 6.86. The number of halogens is 1. The Hall–Kier alpha value is -0.540. The molecule has 1 unspecified atom stereocenters. The van der Waals surface area contributed by atoms with Crippen LogP contribution in [0.25, 0.3) is 0 Å². The van der Waals surface area contributed by atoms with Gasteiger partial charge in [0.15, 0.2) is 0 Å². The van der Waals surface area contributed by atoms with E-state index >= 15 is 0 Å². The monoisotopic (exact) mass is 270 g/mol. The van der Waals surface area contributed by atoms with Gasteiger partial charge in [0.1, 0.15) is 0 Å². The number of rotatable bonds is 5. The molecule has 84 valence electrons. The van der Waals surface area contributed by atoms with Crippen LogP contribution in [0, 0.1) is 11.8 Å². The van der Waals surface area contributed by atoms with Gasteiger partial charge in [-0.05, 0) is 36.6 Å². The molecule has 3 N–H and O–H groups in total. The molecule has 0 saturated heterocycles. The van der Waals surface area contributed by atoms with Gasteiger partial charge in [0.05, 0.1) is 0 Å². The predicted molar refractivity (Wildman–Crippen MR) is 70.0 cm³/mol. The Balaban J connectivity index is 2.49. The van der Waals surface area contributed by atoms with Crippen LogP contribution < -0.4 is 11.1 Å². The van der Waals surface area contributed by atoms with Crippen LogP contribution in [-0.2, 0) is 0 Å². The minimum Gasteiger partial charge on any atom is -0.385 e. The largest absolute Gasteiger partial charge is 0.385 e. The van der Waals surface area contributed by atoms with Gasteiger partial charge in [0, 0.05) is 16.7 Å². The van der Waals surface area contributed by atoms with Crippen molar-refractivity contribution < 1.29 is 0 Å². The van der Waals surface area contributed by atoms with Crippen LogP contribution >= 0.6 is 15.9 Å². The first-order chi connectivity index (χ1) is 7.13. The zero-order valence-corrected chi connectivity index (χ0v) is 10.9. The van der Waals surface area contributed by atoms with Crippen molar-refractivity contribution in [3.05, 3.63) is 28.7 Å². The predicted octanol–water partition coefficient (Wildman–Crippen LogP) is 3.09. The average Bonchev–Trinajstić information content (AvgIpc) is 2.18. The van der Waals surface area contributed by atoms with Crippen LogP contribution in [0.1, 0.15) is 13.8 Å². The van der Waals surface area contributed by atoms with E-state index in [-0.39, 0.29) is 0 Å². The van der Waals surface area contributed by atoms with Gasteiger partial charge in [-0.2, -0.15) is 0 Å². The van der Waals surface area contributed by atoms with E-state index in [1.807, 2.05) is 12.1 Å². The normalized spacial score (nSPS) is 12.9. The molecule has 0 aromatic heterocycles. The SMILES string of the molecule is CC(C)C(CN)CNc1cccc(Br)c1. The van der Waals surface area contributed by atoms with E-state index in [2.05, 4.69) is 47.2 Å². The van der Waals surface area contributed by atoms with E-state index < -0.39 is 0 Å². The van der Waals surface area contributed by atoms with E-state index in [1.54, 1.807) is 0 Å². The van der Waals surface area contributed by atoms with Gasteiger partial charge in [0.2, 0.25) is 0 Å². The van der Waals surface area contributed by atoms with Crippen molar-refractivity contribution in [2.75, 3.05) is 18.4 Å². The van der Waals surface area contributed by atoms with Crippen molar-refractivity contribution in [3.8, 4) is 0 Å². The molecule has 1 rings (SSSR count). The number of anilines is 1. The first-order valence-electron chi connectivity index (χ1n) is 5.33. The highest BCUT2D eigenvalue weighted by Crippen LogP contribution is 2.17. The molecular weight excluding hydrogens is 252 g/mol. The Morgan fingerprint density at radius 2 is 2.13 bits per heavy atom. The summed E-state index contributed by atoms with van der Waals surface area (Å²) in [5.74, 6) is 1.15. The fourth-order valence-electron chi connectivity index (χ4n) is 1.44. The van der Waals surface area contributed by atoms with Crippen LogP contribution in [0.3, 0.4) is 0 Å². The highest BCUT2D eigenvalue weighted by molar-refractivity contribution is 9.10.